The number of carbonyl (C=O) groups excluding carboxylic acids is 1. The second-order valence-corrected chi connectivity index (χ2v) is 7.99. The van der Waals surface area contributed by atoms with Crippen molar-refractivity contribution in [2.75, 3.05) is 40.9 Å². The third kappa shape index (κ3) is 4.92. The molecular weight excluding hydrogens is 482 g/mol. The molecular formula is C23H26ClN3O6S. The fraction of sp³-hybridized carbons (Fsp3) is 0.304. The minimum atomic E-state index is -0.609. The summed E-state index contributed by atoms with van der Waals surface area (Å²) in [7, 11) is 7.54. The molecule has 1 heterocycles. The maximum absolute atomic E-state index is 13.5. The van der Waals surface area contributed by atoms with Crippen LogP contribution >= 0.6 is 23.8 Å². The number of methoxy groups -OCH3 is 5. The van der Waals surface area contributed by atoms with Crippen LogP contribution in [0.1, 0.15) is 18.5 Å². The molecule has 0 aliphatic carbocycles. The normalized spacial score (nSPS) is 15.1. The van der Waals surface area contributed by atoms with Crippen molar-refractivity contribution in [2.24, 2.45) is 0 Å². The highest BCUT2D eigenvalue weighted by Gasteiger charge is 2.32. The molecule has 182 valence electrons. The summed E-state index contributed by atoms with van der Waals surface area (Å²) in [5.41, 5.74) is 2.06. The number of halogens is 1. The van der Waals surface area contributed by atoms with Gasteiger partial charge in [-0.1, -0.05) is 11.6 Å². The number of anilines is 1. The van der Waals surface area contributed by atoms with Crippen LogP contribution in [0, 0.1) is 0 Å². The predicted octanol–water partition coefficient (Wildman–Crippen LogP) is 3.81. The molecule has 3 rings (SSSR count). The van der Waals surface area contributed by atoms with E-state index in [1.54, 1.807) is 31.2 Å². The molecule has 0 aromatic heterocycles. The lowest BCUT2D eigenvalue weighted by molar-refractivity contribution is -0.113. The molecule has 0 bridgehead atoms. The van der Waals surface area contributed by atoms with Gasteiger partial charge in [0.05, 0.1) is 57.9 Å². The number of nitrogens with one attached hydrogen (secondary N) is 3. The van der Waals surface area contributed by atoms with Crippen molar-refractivity contribution in [1.29, 1.82) is 0 Å². The molecule has 3 N–H and O–H groups in total. The number of allylic oxidation sites excluding steroid dienone is 1. The van der Waals surface area contributed by atoms with Gasteiger partial charge in [0.1, 0.15) is 11.5 Å². The Morgan fingerprint density at radius 2 is 1.50 bits per heavy atom. The Morgan fingerprint density at radius 1 is 0.912 bits per heavy atom. The Kier molecular flexibility index (Phi) is 7.95. The van der Waals surface area contributed by atoms with Crippen LogP contribution in [0.25, 0.3) is 0 Å². The molecule has 0 saturated carbocycles. The standard InChI is InChI=1S/C23H26ClN3O6S/c1-11-19(22(28)26-14-10-15(29-2)13(24)9-16(14)30-3)20(27-23(34)25-11)12-7-17(31-4)21(33-6)18(8-12)32-5/h7-10,20H,1-6H3,(H,26,28)(H2,25,27,34)/t20-/m1/s1. The zero-order valence-corrected chi connectivity index (χ0v) is 21.2. The van der Waals surface area contributed by atoms with Crippen molar-refractivity contribution in [3.05, 3.63) is 46.1 Å². The van der Waals surface area contributed by atoms with Crippen LogP contribution in [-0.2, 0) is 4.79 Å². The van der Waals surface area contributed by atoms with Gasteiger partial charge in [-0.3, -0.25) is 4.79 Å². The summed E-state index contributed by atoms with van der Waals surface area (Å²) in [5.74, 6) is 1.73. The van der Waals surface area contributed by atoms with E-state index in [2.05, 4.69) is 16.0 Å². The van der Waals surface area contributed by atoms with Gasteiger partial charge in [0.15, 0.2) is 16.6 Å². The highest BCUT2D eigenvalue weighted by molar-refractivity contribution is 7.80. The van der Waals surface area contributed by atoms with Gasteiger partial charge in [0.25, 0.3) is 5.91 Å². The van der Waals surface area contributed by atoms with E-state index in [0.29, 0.717) is 61.4 Å². The summed E-state index contributed by atoms with van der Waals surface area (Å²) in [6.07, 6.45) is 0. The molecule has 0 unspecified atom stereocenters. The average molecular weight is 508 g/mol. The van der Waals surface area contributed by atoms with Crippen LogP contribution in [0.4, 0.5) is 5.69 Å². The minimum absolute atomic E-state index is 0.356. The first-order valence-electron chi connectivity index (χ1n) is 10.1. The number of rotatable bonds is 8. The lowest BCUT2D eigenvalue weighted by Crippen LogP contribution is -2.45. The van der Waals surface area contributed by atoms with E-state index < -0.39 is 6.04 Å². The number of thiocarbonyl (C=S) groups is 1. The van der Waals surface area contributed by atoms with Gasteiger partial charge in [0.2, 0.25) is 5.75 Å². The Labute approximate surface area is 208 Å². The molecule has 0 fully saturated rings. The van der Waals surface area contributed by atoms with Gasteiger partial charge >= 0.3 is 0 Å². The number of benzene rings is 2. The van der Waals surface area contributed by atoms with Gasteiger partial charge in [-0.15, -0.1) is 0 Å². The third-order valence-corrected chi connectivity index (χ3v) is 5.77. The molecule has 1 amide bonds. The summed E-state index contributed by atoms with van der Waals surface area (Å²) in [6.45, 7) is 1.77. The van der Waals surface area contributed by atoms with E-state index in [-0.39, 0.29) is 5.91 Å². The van der Waals surface area contributed by atoms with Crippen molar-refractivity contribution < 1.29 is 28.5 Å². The topological polar surface area (TPSA) is 99.3 Å². The molecule has 34 heavy (non-hydrogen) atoms. The van der Waals surface area contributed by atoms with E-state index >= 15 is 0 Å². The zero-order chi connectivity index (χ0) is 25.0. The molecule has 0 radical (unpaired) electrons. The molecule has 11 heteroatoms. The number of hydrogen-bond acceptors (Lipinski definition) is 7. The van der Waals surface area contributed by atoms with Crippen molar-refractivity contribution >= 4 is 40.5 Å². The SMILES string of the molecule is COc1cc(NC(=O)C2=C(C)NC(=S)N[C@@H]2c2cc(OC)c(OC)c(OC)c2)c(OC)cc1Cl. The first kappa shape index (κ1) is 25.3. The van der Waals surface area contributed by atoms with Crippen molar-refractivity contribution in [2.45, 2.75) is 13.0 Å². The fourth-order valence-corrected chi connectivity index (χ4v) is 4.16. The zero-order valence-electron chi connectivity index (χ0n) is 19.6. The Morgan fingerprint density at radius 3 is 2.03 bits per heavy atom. The van der Waals surface area contributed by atoms with Gasteiger partial charge in [-0.2, -0.15) is 0 Å². The first-order chi connectivity index (χ1) is 16.3. The molecule has 9 nitrogen and oxygen atoms in total. The maximum Gasteiger partial charge on any atom is 0.255 e. The highest BCUT2D eigenvalue weighted by Crippen LogP contribution is 2.42. The number of hydrogen-bond donors (Lipinski definition) is 3. The van der Waals surface area contributed by atoms with Gasteiger partial charge in [-0.05, 0) is 36.8 Å². The van der Waals surface area contributed by atoms with E-state index in [1.165, 1.54) is 35.5 Å². The Hall–Kier alpha value is -3.37. The van der Waals surface area contributed by atoms with Crippen molar-refractivity contribution in [3.63, 3.8) is 0 Å². The molecule has 0 spiro atoms. The lowest BCUT2D eigenvalue weighted by atomic mass is 9.94. The molecule has 2 aromatic carbocycles. The van der Waals surface area contributed by atoms with Gasteiger partial charge in [-0.25, -0.2) is 0 Å². The van der Waals surface area contributed by atoms with Crippen LogP contribution in [0.5, 0.6) is 28.7 Å². The third-order valence-electron chi connectivity index (χ3n) is 5.26. The summed E-state index contributed by atoms with van der Waals surface area (Å²) < 4.78 is 27.0. The minimum Gasteiger partial charge on any atom is -0.495 e. The second kappa shape index (κ2) is 10.7. The fourth-order valence-electron chi connectivity index (χ4n) is 3.66. The van der Waals surface area contributed by atoms with Crippen LogP contribution in [-0.4, -0.2) is 46.6 Å². The Balaban J connectivity index is 2.07. The number of ether oxygens (including phenoxy) is 5. The first-order valence-corrected chi connectivity index (χ1v) is 10.9. The number of carbonyl (C=O) groups is 1. The average Bonchev–Trinajstić information content (AvgIpc) is 2.82. The van der Waals surface area contributed by atoms with E-state index in [4.69, 9.17) is 47.5 Å². The van der Waals surface area contributed by atoms with Crippen LogP contribution in [0.2, 0.25) is 5.02 Å². The molecule has 1 atom stereocenters. The quantitative estimate of drug-likeness (QED) is 0.460. The highest BCUT2D eigenvalue weighted by atomic mass is 35.5. The van der Waals surface area contributed by atoms with E-state index in [9.17, 15) is 4.79 Å². The molecule has 1 aliphatic rings. The summed E-state index contributed by atoms with van der Waals surface area (Å²) in [4.78, 5) is 13.5. The maximum atomic E-state index is 13.5. The predicted molar refractivity (Wildman–Crippen MR) is 134 cm³/mol. The van der Waals surface area contributed by atoms with Crippen LogP contribution in [0.3, 0.4) is 0 Å². The van der Waals surface area contributed by atoms with Crippen LogP contribution < -0.4 is 39.6 Å². The summed E-state index contributed by atoms with van der Waals surface area (Å²) in [6, 6.07) is 6.08. The number of amides is 1. The summed E-state index contributed by atoms with van der Waals surface area (Å²) in [5, 5.41) is 9.78. The lowest BCUT2D eigenvalue weighted by Gasteiger charge is -2.31. The molecule has 2 aromatic rings. The Bertz CT molecular complexity index is 1130. The summed E-state index contributed by atoms with van der Waals surface area (Å²) >= 11 is 11.6. The largest absolute Gasteiger partial charge is 0.495 e. The van der Waals surface area contributed by atoms with Crippen molar-refractivity contribution in [3.8, 4) is 28.7 Å². The smallest absolute Gasteiger partial charge is 0.255 e. The van der Waals surface area contributed by atoms with Gasteiger partial charge in [0, 0.05) is 17.8 Å². The monoisotopic (exact) mass is 507 g/mol. The second-order valence-electron chi connectivity index (χ2n) is 7.17. The van der Waals surface area contributed by atoms with E-state index in [1.807, 2.05) is 0 Å². The van der Waals surface area contributed by atoms with Crippen molar-refractivity contribution in [1.82, 2.24) is 10.6 Å². The molecule has 0 saturated heterocycles. The van der Waals surface area contributed by atoms with E-state index in [0.717, 1.165) is 0 Å². The van der Waals surface area contributed by atoms with Crippen LogP contribution in [0.15, 0.2) is 35.5 Å². The molecule has 1 aliphatic heterocycles. The van der Waals surface area contributed by atoms with Gasteiger partial charge < -0.3 is 39.6 Å².